The van der Waals surface area contributed by atoms with Gasteiger partial charge in [0, 0.05) is 5.71 Å². The van der Waals surface area contributed by atoms with E-state index >= 15 is 0 Å². The maximum Gasteiger partial charge on any atom is 0.0952 e. The topological polar surface area (TPSA) is 49.1 Å². The largest absolute Gasteiger partial charge is 0.317 e. The predicted molar refractivity (Wildman–Crippen MR) is 202 cm³/mol. The zero-order valence-corrected chi connectivity index (χ0v) is 29.6. The molecule has 4 aromatic rings. The summed E-state index contributed by atoms with van der Waals surface area (Å²) >= 11 is 0. The lowest BCUT2D eigenvalue weighted by molar-refractivity contribution is 0.629. The smallest absolute Gasteiger partial charge is 0.0952 e. The van der Waals surface area contributed by atoms with Crippen LogP contribution in [-0.2, 0) is 13.0 Å². The van der Waals surface area contributed by atoms with Crippen LogP contribution in [0, 0.1) is 33.6 Å². The first-order valence-corrected chi connectivity index (χ1v) is 16.9. The maximum atomic E-state index is 5.13. The van der Waals surface area contributed by atoms with Gasteiger partial charge >= 0.3 is 0 Å². The van der Waals surface area contributed by atoms with E-state index in [4.69, 9.17) is 4.99 Å². The summed E-state index contributed by atoms with van der Waals surface area (Å²) in [7, 11) is 0. The van der Waals surface area contributed by atoms with Gasteiger partial charge < -0.3 is 5.32 Å². The monoisotopic (exact) mass is 616 g/mol. The Hall–Kier alpha value is -4.11. The van der Waals surface area contributed by atoms with Crippen LogP contribution in [0.2, 0.25) is 0 Å². The molecule has 0 spiro atoms. The van der Waals surface area contributed by atoms with Crippen LogP contribution >= 0.6 is 0 Å². The maximum absolute atomic E-state index is 5.13. The molecule has 0 aliphatic rings. The lowest BCUT2D eigenvalue weighted by Gasteiger charge is -2.17. The van der Waals surface area contributed by atoms with Crippen molar-refractivity contribution in [3.8, 4) is 0 Å². The number of aryl methyl sites for hydroxylation is 5. The Bertz CT molecular complexity index is 1450. The van der Waals surface area contributed by atoms with Gasteiger partial charge in [0.15, 0.2) is 0 Å². The van der Waals surface area contributed by atoms with E-state index in [2.05, 4.69) is 111 Å². The van der Waals surface area contributed by atoms with Crippen LogP contribution in [0.15, 0.2) is 112 Å². The third-order valence-corrected chi connectivity index (χ3v) is 7.94. The van der Waals surface area contributed by atoms with Gasteiger partial charge in [0.05, 0.1) is 23.9 Å². The molecule has 4 rings (SSSR count). The average Bonchev–Trinajstić information content (AvgIpc) is 3.07. The highest BCUT2D eigenvalue weighted by molar-refractivity contribution is 5.90. The standard InChI is InChI=1S/C22H29N.C16H16N2.C4H11N/c1-5-20(6-2)21(16-15-19-13-8-7-9-14-19)23-22-17(3)11-10-12-18(22)4;1-13-7-6-8-14(2)16(13)18-12-17-11-15-9-4-3-5-10-15;1-3-5-4-2/h7-14,20H,5-6,15-16H2,1-4H3;3-10H,11H2,1-2H3;5H,3-4H2,1-2H3. The van der Waals surface area contributed by atoms with Gasteiger partial charge in [-0.05, 0) is 106 Å². The Labute approximate surface area is 279 Å². The number of nitrogens with zero attached hydrogens (tertiary/aromatic N) is 3. The van der Waals surface area contributed by atoms with Gasteiger partial charge in [0.2, 0.25) is 0 Å². The third kappa shape index (κ3) is 13.9. The first kappa shape index (κ1) is 38.1. The molecule has 4 nitrogen and oxygen atoms in total. The second kappa shape index (κ2) is 22.4. The molecule has 1 N–H and O–H groups in total. The molecule has 0 radical (unpaired) electrons. The Kier molecular flexibility index (Phi) is 18.5. The van der Waals surface area contributed by atoms with E-state index < -0.39 is 0 Å². The Balaban J connectivity index is 0.000000285. The van der Waals surface area contributed by atoms with Gasteiger partial charge in [-0.1, -0.05) is 125 Å². The molecule has 0 atom stereocenters. The van der Waals surface area contributed by atoms with Crippen molar-refractivity contribution < 1.29 is 0 Å². The van der Waals surface area contributed by atoms with Crippen molar-refractivity contribution >= 4 is 23.1 Å². The van der Waals surface area contributed by atoms with E-state index in [1.807, 2.05) is 62.4 Å². The molecule has 0 unspecified atom stereocenters. The first-order valence-electron chi connectivity index (χ1n) is 16.9. The summed E-state index contributed by atoms with van der Waals surface area (Å²) in [6, 6.07) is 36.2. The molecule has 0 aliphatic heterocycles. The normalized spacial score (nSPS) is 10.7. The number of rotatable bonds is 12. The number of benzene rings is 4. The molecule has 4 aromatic carbocycles. The molecule has 0 aromatic heterocycles. The first-order chi connectivity index (χ1) is 22.3. The predicted octanol–water partition coefficient (Wildman–Crippen LogP) is 11.4. The summed E-state index contributed by atoms with van der Waals surface area (Å²) in [6.45, 7) is 20.0. The van der Waals surface area contributed by atoms with Gasteiger partial charge in [-0.15, -0.1) is 0 Å². The van der Waals surface area contributed by atoms with Crippen molar-refractivity contribution in [2.24, 2.45) is 20.9 Å². The summed E-state index contributed by atoms with van der Waals surface area (Å²) in [6.07, 6.45) is 4.44. The van der Waals surface area contributed by atoms with Crippen molar-refractivity contribution in [1.82, 2.24) is 5.32 Å². The number of para-hydroxylation sites is 2. The summed E-state index contributed by atoms with van der Waals surface area (Å²) < 4.78 is 0. The fourth-order valence-electron chi connectivity index (χ4n) is 5.18. The molecule has 0 saturated heterocycles. The van der Waals surface area contributed by atoms with Crippen LogP contribution in [0.3, 0.4) is 0 Å². The van der Waals surface area contributed by atoms with E-state index in [0.29, 0.717) is 12.5 Å². The van der Waals surface area contributed by atoms with Crippen LogP contribution in [0.4, 0.5) is 11.4 Å². The van der Waals surface area contributed by atoms with E-state index in [9.17, 15) is 0 Å². The van der Waals surface area contributed by atoms with Crippen LogP contribution in [0.5, 0.6) is 0 Å². The fourth-order valence-corrected chi connectivity index (χ4v) is 5.18. The van der Waals surface area contributed by atoms with E-state index in [1.54, 1.807) is 0 Å². The van der Waals surface area contributed by atoms with Gasteiger partial charge in [-0.2, -0.15) is 4.99 Å². The van der Waals surface area contributed by atoms with E-state index in [-0.39, 0.29) is 0 Å². The Morgan fingerprint density at radius 1 is 0.609 bits per heavy atom. The number of hydrogen-bond acceptors (Lipinski definition) is 4. The van der Waals surface area contributed by atoms with E-state index in [1.165, 1.54) is 33.7 Å². The molecule has 0 amide bonds. The third-order valence-electron chi connectivity index (χ3n) is 7.94. The molecule has 244 valence electrons. The highest BCUT2D eigenvalue weighted by atomic mass is 14.8. The zero-order valence-electron chi connectivity index (χ0n) is 29.6. The fraction of sp³-hybridized carbons (Fsp3) is 0.381. The highest BCUT2D eigenvalue weighted by Gasteiger charge is 2.14. The second-order valence-corrected chi connectivity index (χ2v) is 11.6. The van der Waals surface area contributed by atoms with Gasteiger partial charge in [-0.25, -0.2) is 4.99 Å². The number of hydrogen-bond donors (Lipinski definition) is 1. The van der Waals surface area contributed by atoms with Crippen LogP contribution in [-0.4, -0.2) is 24.8 Å². The van der Waals surface area contributed by atoms with Crippen LogP contribution in [0.25, 0.3) is 0 Å². The minimum Gasteiger partial charge on any atom is -0.317 e. The van der Waals surface area contributed by atoms with Crippen molar-refractivity contribution in [1.29, 1.82) is 0 Å². The van der Waals surface area contributed by atoms with Gasteiger partial charge in [0.25, 0.3) is 0 Å². The molecular weight excluding hydrogens is 560 g/mol. The molecule has 0 heterocycles. The second-order valence-electron chi connectivity index (χ2n) is 11.6. The zero-order chi connectivity index (χ0) is 33.6. The van der Waals surface area contributed by atoms with Crippen molar-refractivity contribution in [3.05, 3.63) is 130 Å². The summed E-state index contributed by atoms with van der Waals surface area (Å²) in [5.74, 6) is 0.581. The minimum absolute atomic E-state index is 0.581. The summed E-state index contributed by atoms with van der Waals surface area (Å²) in [5.41, 5.74) is 10.9. The average molecular weight is 617 g/mol. The quantitative estimate of drug-likeness (QED) is 0.158. The van der Waals surface area contributed by atoms with Crippen molar-refractivity contribution in [2.75, 3.05) is 13.1 Å². The SMILES string of the molecule is CCC(CC)C(CCc1ccccc1)=Nc1c(C)cccc1C.CCNCC.Cc1cccc(C)c1N=C=NCc1ccccc1. The van der Waals surface area contributed by atoms with Crippen molar-refractivity contribution in [3.63, 3.8) is 0 Å². The lowest BCUT2D eigenvalue weighted by atomic mass is 9.92. The molecule has 4 heteroatoms. The summed E-state index contributed by atoms with van der Waals surface area (Å²) in [5, 5.41) is 3.11. The Morgan fingerprint density at radius 3 is 1.54 bits per heavy atom. The van der Waals surface area contributed by atoms with Crippen LogP contribution in [0.1, 0.15) is 80.3 Å². The molecular formula is C42H56N4. The highest BCUT2D eigenvalue weighted by Crippen LogP contribution is 2.27. The van der Waals surface area contributed by atoms with Crippen molar-refractivity contribution in [2.45, 2.75) is 87.6 Å². The lowest BCUT2D eigenvalue weighted by Crippen LogP contribution is -2.14. The van der Waals surface area contributed by atoms with E-state index in [0.717, 1.165) is 55.6 Å². The Morgan fingerprint density at radius 2 is 1.09 bits per heavy atom. The van der Waals surface area contributed by atoms with Crippen LogP contribution < -0.4 is 5.32 Å². The molecule has 0 bridgehead atoms. The van der Waals surface area contributed by atoms with Gasteiger partial charge in [0.1, 0.15) is 0 Å². The number of aliphatic imine (C=N–C) groups is 3. The molecule has 0 fully saturated rings. The van der Waals surface area contributed by atoms with Gasteiger partial charge in [-0.3, -0.25) is 4.99 Å². The molecule has 46 heavy (non-hydrogen) atoms. The molecule has 0 aliphatic carbocycles. The number of nitrogens with one attached hydrogen (secondary N) is 1. The summed E-state index contributed by atoms with van der Waals surface area (Å²) in [4.78, 5) is 13.6. The minimum atomic E-state index is 0.581. The molecule has 0 saturated carbocycles.